The van der Waals surface area contributed by atoms with E-state index in [1.54, 1.807) is 0 Å². The highest BCUT2D eigenvalue weighted by molar-refractivity contribution is 6.28. The molecule has 0 radical (unpaired) electrons. The molecule has 0 saturated carbocycles. The Kier molecular flexibility index (Phi) is 6.93. The van der Waals surface area contributed by atoms with Crippen LogP contribution in [0.4, 0.5) is 0 Å². The molecule has 3 aromatic heterocycles. The molecule has 0 saturated heterocycles. The average molecular weight is 726 g/mol. The molecular formula is C54H35N3. The Balaban J connectivity index is 1.11. The van der Waals surface area contributed by atoms with Crippen LogP contribution in [0.15, 0.2) is 212 Å². The molecular weight excluding hydrogens is 691 g/mol. The highest BCUT2D eigenvalue weighted by atomic mass is 15.0. The van der Waals surface area contributed by atoms with Gasteiger partial charge in [0.05, 0.1) is 33.1 Å². The van der Waals surface area contributed by atoms with Gasteiger partial charge < -0.3 is 13.7 Å². The maximum Gasteiger partial charge on any atom is 0.0795 e. The topological polar surface area (TPSA) is 14.8 Å². The fourth-order valence-electron chi connectivity index (χ4n) is 9.37. The molecule has 0 fully saturated rings. The van der Waals surface area contributed by atoms with Crippen molar-refractivity contribution in [3.05, 3.63) is 212 Å². The molecule has 3 heterocycles. The Hall–Kier alpha value is -7.62. The molecule has 0 spiro atoms. The summed E-state index contributed by atoms with van der Waals surface area (Å²) in [5, 5.41) is 7.49. The van der Waals surface area contributed by atoms with E-state index >= 15 is 0 Å². The van der Waals surface area contributed by atoms with Crippen LogP contribution in [0.5, 0.6) is 0 Å². The van der Waals surface area contributed by atoms with E-state index in [0.29, 0.717) is 0 Å². The van der Waals surface area contributed by atoms with Crippen molar-refractivity contribution in [1.29, 1.82) is 0 Å². The van der Waals surface area contributed by atoms with Crippen LogP contribution < -0.4 is 0 Å². The van der Waals surface area contributed by atoms with Crippen LogP contribution in [0, 0.1) is 0 Å². The predicted molar refractivity (Wildman–Crippen MR) is 240 cm³/mol. The van der Waals surface area contributed by atoms with E-state index in [1.165, 1.54) is 93.4 Å². The van der Waals surface area contributed by atoms with Crippen LogP contribution in [-0.4, -0.2) is 13.7 Å². The van der Waals surface area contributed by atoms with Crippen LogP contribution in [-0.2, 0) is 0 Å². The lowest BCUT2D eigenvalue weighted by Gasteiger charge is -2.14. The number of hydrogen-bond acceptors (Lipinski definition) is 0. The number of benzene rings is 9. The molecule has 3 heteroatoms. The second-order valence-corrected chi connectivity index (χ2v) is 14.9. The fraction of sp³-hybridized carbons (Fsp3) is 0. The Bertz CT molecular complexity index is 3480. The molecule has 0 unspecified atom stereocenters. The van der Waals surface area contributed by atoms with Crippen molar-refractivity contribution in [1.82, 2.24) is 13.7 Å². The number of nitrogens with zero attached hydrogens (tertiary/aromatic N) is 3. The molecule has 0 atom stereocenters. The summed E-state index contributed by atoms with van der Waals surface area (Å²) < 4.78 is 7.31. The largest absolute Gasteiger partial charge is 0.309 e. The summed E-state index contributed by atoms with van der Waals surface area (Å²) in [5.41, 5.74) is 15.5. The molecule has 12 rings (SSSR count). The molecule has 0 aliphatic heterocycles. The zero-order valence-corrected chi connectivity index (χ0v) is 31.0. The third-order valence-electron chi connectivity index (χ3n) is 11.8. The third kappa shape index (κ3) is 4.73. The first kappa shape index (κ1) is 31.7. The number of rotatable bonds is 5. The standard InChI is InChI=1S/C54H35N3/c1-4-16-39(17-5-1)55-48-25-13-10-22-42(48)46-34-38(32-33-51(46)55)36-28-30-37(31-29-36)45-35-47-43-23-11-14-26-49(43)56(40-18-6-2-7-19-40)53(47)54-52(45)44-24-12-15-27-50(44)57(54)41-20-8-3-9-21-41/h1-35H. The summed E-state index contributed by atoms with van der Waals surface area (Å²) in [6, 6.07) is 77.3. The van der Waals surface area contributed by atoms with E-state index in [0.717, 1.165) is 11.4 Å². The molecule has 266 valence electrons. The molecule has 0 amide bonds. The highest BCUT2D eigenvalue weighted by Gasteiger charge is 2.24. The van der Waals surface area contributed by atoms with Crippen molar-refractivity contribution in [2.45, 2.75) is 0 Å². The van der Waals surface area contributed by atoms with Gasteiger partial charge in [-0.1, -0.05) is 140 Å². The molecule has 3 nitrogen and oxygen atoms in total. The molecule has 57 heavy (non-hydrogen) atoms. The van der Waals surface area contributed by atoms with Crippen LogP contribution in [0.2, 0.25) is 0 Å². The maximum absolute atomic E-state index is 2.48. The van der Waals surface area contributed by atoms with Crippen LogP contribution >= 0.6 is 0 Å². The fourth-order valence-corrected chi connectivity index (χ4v) is 9.37. The van der Waals surface area contributed by atoms with Gasteiger partial charge in [0.15, 0.2) is 0 Å². The number of hydrogen-bond donors (Lipinski definition) is 0. The minimum absolute atomic E-state index is 1.14. The Labute approximate surface area is 329 Å². The summed E-state index contributed by atoms with van der Waals surface area (Å²) in [7, 11) is 0. The maximum atomic E-state index is 2.48. The minimum Gasteiger partial charge on any atom is -0.309 e. The number of aromatic nitrogens is 3. The van der Waals surface area contributed by atoms with Crippen LogP contribution in [0.25, 0.3) is 105 Å². The Morgan fingerprint density at radius 3 is 1.28 bits per heavy atom. The number of para-hydroxylation sites is 6. The van der Waals surface area contributed by atoms with Gasteiger partial charge in [-0.2, -0.15) is 0 Å². The lowest BCUT2D eigenvalue weighted by Crippen LogP contribution is -1.99. The van der Waals surface area contributed by atoms with Gasteiger partial charge in [0.25, 0.3) is 0 Å². The van der Waals surface area contributed by atoms with E-state index in [9.17, 15) is 0 Å². The van der Waals surface area contributed by atoms with E-state index < -0.39 is 0 Å². The third-order valence-corrected chi connectivity index (χ3v) is 11.8. The molecule has 12 aromatic rings. The predicted octanol–water partition coefficient (Wildman–Crippen LogP) is 14.3. The average Bonchev–Trinajstić information content (AvgIpc) is 3.93. The van der Waals surface area contributed by atoms with E-state index in [-0.39, 0.29) is 0 Å². The Morgan fingerprint density at radius 2 is 0.667 bits per heavy atom. The summed E-state index contributed by atoms with van der Waals surface area (Å²) in [6.07, 6.45) is 0. The molecule has 0 aliphatic carbocycles. The van der Waals surface area contributed by atoms with Gasteiger partial charge in [0.2, 0.25) is 0 Å². The number of fused-ring (bicyclic) bond motifs is 10. The van der Waals surface area contributed by atoms with Gasteiger partial charge in [0.1, 0.15) is 0 Å². The van der Waals surface area contributed by atoms with E-state index in [4.69, 9.17) is 0 Å². The van der Waals surface area contributed by atoms with Gasteiger partial charge in [-0.15, -0.1) is 0 Å². The first-order valence-electron chi connectivity index (χ1n) is 19.6. The van der Waals surface area contributed by atoms with Crippen LogP contribution in [0.1, 0.15) is 0 Å². The summed E-state index contributed by atoms with van der Waals surface area (Å²) in [4.78, 5) is 0. The first-order valence-corrected chi connectivity index (χ1v) is 19.6. The Morgan fingerprint density at radius 1 is 0.246 bits per heavy atom. The minimum atomic E-state index is 1.14. The smallest absolute Gasteiger partial charge is 0.0795 e. The summed E-state index contributed by atoms with van der Waals surface area (Å²) >= 11 is 0. The van der Waals surface area contributed by atoms with Gasteiger partial charge in [-0.3, -0.25) is 0 Å². The summed E-state index contributed by atoms with van der Waals surface area (Å²) in [6.45, 7) is 0. The SMILES string of the molecule is c1ccc(-n2c3ccccc3c3cc(-c4ccc(-c5cc6c7ccccc7n(-c7ccccc7)c6c6c5c5ccccc5n6-c5ccccc5)cc4)ccc32)cc1. The molecule has 0 N–H and O–H groups in total. The van der Waals surface area contributed by atoms with E-state index in [1.807, 2.05) is 0 Å². The normalized spacial score (nSPS) is 11.9. The van der Waals surface area contributed by atoms with Crippen molar-refractivity contribution in [2.24, 2.45) is 0 Å². The van der Waals surface area contributed by atoms with Crippen molar-refractivity contribution in [3.63, 3.8) is 0 Å². The van der Waals surface area contributed by atoms with E-state index in [2.05, 4.69) is 226 Å². The zero-order chi connectivity index (χ0) is 37.5. The quantitative estimate of drug-likeness (QED) is 0.168. The molecule has 0 bridgehead atoms. The second-order valence-electron chi connectivity index (χ2n) is 14.9. The lowest BCUT2D eigenvalue weighted by atomic mass is 9.94. The zero-order valence-electron chi connectivity index (χ0n) is 31.0. The lowest BCUT2D eigenvalue weighted by molar-refractivity contribution is 1.15. The highest BCUT2D eigenvalue weighted by Crippen LogP contribution is 2.46. The molecule has 0 aliphatic rings. The van der Waals surface area contributed by atoms with Crippen molar-refractivity contribution >= 4 is 65.4 Å². The van der Waals surface area contributed by atoms with Gasteiger partial charge >= 0.3 is 0 Å². The molecule has 9 aromatic carbocycles. The monoisotopic (exact) mass is 725 g/mol. The first-order chi connectivity index (χ1) is 28.3. The second kappa shape index (κ2) is 12.5. The van der Waals surface area contributed by atoms with Gasteiger partial charge in [-0.05, 0) is 95.1 Å². The van der Waals surface area contributed by atoms with Crippen LogP contribution in [0.3, 0.4) is 0 Å². The van der Waals surface area contributed by atoms with Crippen molar-refractivity contribution in [2.75, 3.05) is 0 Å². The van der Waals surface area contributed by atoms with Crippen molar-refractivity contribution < 1.29 is 0 Å². The van der Waals surface area contributed by atoms with Gasteiger partial charge in [0, 0.05) is 49.4 Å². The van der Waals surface area contributed by atoms with Gasteiger partial charge in [-0.25, -0.2) is 0 Å². The van der Waals surface area contributed by atoms with Crippen molar-refractivity contribution in [3.8, 4) is 39.3 Å². The summed E-state index contributed by atoms with van der Waals surface area (Å²) in [5.74, 6) is 0.